The lowest BCUT2D eigenvalue weighted by Gasteiger charge is -2.04. The van der Waals surface area contributed by atoms with Gasteiger partial charge in [0.25, 0.3) is 5.91 Å². The first-order chi connectivity index (χ1) is 9.72. The van der Waals surface area contributed by atoms with E-state index in [1.165, 1.54) is 18.3 Å². The molecule has 0 spiro atoms. The van der Waals surface area contributed by atoms with Crippen molar-refractivity contribution in [3.8, 4) is 11.3 Å². The predicted octanol–water partition coefficient (Wildman–Crippen LogP) is 3.40. The third-order valence-corrected chi connectivity index (χ3v) is 2.99. The molecule has 0 bridgehead atoms. The molecule has 1 amide bonds. The van der Waals surface area contributed by atoms with Crippen LogP contribution in [-0.2, 0) is 0 Å². The molecule has 106 valence electrons. The average molecular weight is 276 g/mol. The standard InChI is InChI=1S/C15H17FN2O2/c1-2-3-4-9-17-15(19)13-10-18-20-14(13)11-5-7-12(16)8-6-11/h5-8,10H,2-4,9H2,1H3,(H,17,19). The second-order valence-electron chi connectivity index (χ2n) is 4.54. The van der Waals surface area contributed by atoms with Crippen molar-refractivity contribution in [3.05, 3.63) is 41.8 Å². The fourth-order valence-corrected chi connectivity index (χ4v) is 1.88. The van der Waals surface area contributed by atoms with Gasteiger partial charge in [-0.1, -0.05) is 24.9 Å². The van der Waals surface area contributed by atoms with Crippen LogP contribution in [0, 0.1) is 5.82 Å². The van der Waals surface area contributed by atoms with Crippen LogP contribution in [0.15, 0.2) is 35.0 Å². The van der Waals surface area contributed by atoms with E-state index >= 15 is 0 Å². The number of hydrogen-bond acceptors (Lipinski definition) is 3. The molecule has 0 atom stereocenters. The van der Waals surface area contributed by atoms with Crippen molar-refractivity contribution < 1.29 is 13.7 Å². The molecule has 0 saturated carbocycles. The Balaban J connectivity index is 2.08. The zero-order valence-electron chi connectivity index (χ0n) is 11.4. The molecule has 0 aliphatic rings. The molecule has 0 aliphatic carbocycles. The van der Waals surface area contributed by atoms with Crippen molar-refractivity contribution in [3.63, 3.8) is 0 Å². The summed E-state index contributed by atoms with van der Waals surface area (Å²) in [7, 11) is 0. The van der Waals surface area contributed by atoms with Gasteiger partial charge in [0, 0.05) is 12.1 Å². The van der Waals surface area contributed by atoms with E-state index in [0.717, 1.165) is 19.3 Å². The maximum absolute atomic E-state index is 12.9. The second-order valence-corrected chi connectivity index (χ2v) is 4.54. The Morgan fingerprint density at radius 3 is 2.75 bits per heavy atom. The van der Waals surface area contributed by atoms with Crippen molar-refractivity contribution in [2.24, 2.45) is 0 Å². The number of unbranched alkanes of at least 4 members (excludes halogenated alkanes) is 2. The average Bonchev–Trinajstić information content (AvgIpc) is 2.93. The van der Waals surface area contributed by atoms with Crippen LogP contribution in [-0.4, -0.2) is 17.6 Å². The van der Waals surface area contributed by atoms with Gasteiger partial charge in [0.15, 0.2) is 5.76 Å². The Morgan fingerprint density at radius 1 is 1.30 bits per heavy atom. The van der Waals surface area contributed by atoms with Crippen LogP contribution < -0.4 is 5.32 Å². The van der Waals surface area contributed by atoms with E-state index in [2.05, 4.69) is 17.4 Å². The summed E-state index contributed by atoms with van der Waals surface area (Å²) in [5.41, 5.74) is 0.996. The van der Waals surface area contributed by atoms with Gasteiger partial charge in [-0.25, -0.2) is 4.39 Å². The summed E-state index contributed by atoms with van der Waals surface area (Å²) < 4.78 is 18.0. The van der Waals surface area contributed by atoms with Gasteiger partial charge in [-0.2, -0.15) is 0 Å². The third kappa shape index (κ3) is 3.44. The molecule has 1 aromatic heterocycles. The first-order valence-electron chi connectivity index (χ1n) is 6.71. The number of nitrogens with one attached hydrogen (secondary N) is 1. The van der Waals surface area contributed by atoms with Crippen LogP contribution >= 0.6 is 0 Å². The van der Waals surface area contributed by atoms with E-state index in [-0.39, 0.29) is 11.7 Å². The number of nitrogens with zero attached hydrogens (tertiary/aromatic N) is 1. The first-order valence-corrected chi connectivity index (χ1v) is 6.71. The van der Waals surface area contributed by atoms with Crippen molar-refractivity contribution in [2.75, 3.05) is 6.54 Å². The summed E-state index contributed by atoms with van der Waals surface area (Å²) in [5, 5.41) is 6.49. The van der Waals surface area contributed by atoms with Crippen LogP contribution in [0.1, 0.15) is 36.5 Å². The van der Waals surface area contributed by atoms with E-state index in [1.54, 1.807) is 12.1 Å². The molecule has 5 heteroatoms. The maximum atomic E-state index is 12.9. The lowest BCUT2D eigenvalue weighted by molar-refractivity contribution is 0.0953. The predicted molar refractivity (Wildman–Crippen MR) is 73.8 cm³/mol. The van der Waals surface area contributed by atoms with Crippen molar-refractivity contribution in [1.82, 2.24) is 10.5 Å². The zero-order valence-corrected chi connectivity index (χ0v) is 11.4. The minimum atomic E-state index is -0.334. The van der Waals surface area contributed by atoms with Gasteiger partial charge in [-0.15, -0.1) is 0 Å². The highest BCUT2D eigenvalue weighted by molar-refractivity contribution is 5.99. The highest BCUT2D eigenvalue weighted by Crippen LogP contribution is 2.23. The van der Waals surface area contributed by atoms with E-state index in [4.69, 9.17) is 4.52 Å². The number of hydrogen-bond donors (Lipinski definition) is 1. The van der Waals surface area contributed by atoms with E-state index < -0.39 is 0 Å². The SMILES string of the molecule is CCCCCNC(=O)c1cnoc1-c1ccc(F)cc1. The Bertz CT molecular complexity index is 564. The Kier molecular flexibility index (Phi) is 4.87. The fourth-order valence-electron chi connectivity index (χ4n) is 1.88. The molecule has 1 N–H and O–H groups in total. The minimum absolute atomic E-state index is 0.221. The quantitative estimate of drug-likeness (QED) is 0.823. The van der Waals surface area contributed by atoms with Crippen LogP contribution in [0.2, 0.25) is 0 Å². The maximum Gasteiger partial charge on any atom is 0.256 e. The minimum Gasteiger partial charge on any atom is -0.355 e. The highest BCUT2D eigenvalue weighted by atomic mass is 19.1. The number of amides is 1. The summed E-state index contributed by atoms with van der Waals surface area (Å²) in [6, 6.07) is 5.76. The van der Waals surface area contributed by atoms with Gasteiger partial charge < -0.3 is 9.84 Å². The molecule has 0 saturated heterocycles. The molecule has 2 rings (SSSR count). The summed E-state index contributed by atoms with van der Waals surface area (Å²) in [6.07, 6.45) is 4.51. The molecule has 0 radical (unpaired) electrons. The molecule has 4 nitrogen and oxygen atoms in total. The molecule has 20 heavy (non-hydrogen) atoms. The van der Waals surface area contributed by atoms with Gasteiger partial charge >= 0.3 is 0 Å². The van der Waals surface area contributed by atoms with E-state index in [9.17, 15) is 9.18 Å². The molecule has 0 unspecified atom stereocenters. The number of halogens is 1. The molecule has 1 heterocycles. The fraction of sp³-hybridized carbons (Fsp3) is 0.333. The van der Waals surface area contributed by atoms with Gasteiger partial charge in [0.05, 0.1) is 6.20 Å². The highest BCUT2D eigenvalue weighted by Gasteiger charge is 2.17. The van der Waals surface area contributed by atoms with Gasteiger partial charge in [-0.3, -0.25) is 4.79 Å². The topological polar surface area (TPSA) is 55.1 Å². The number of rotatable bonds is 6. The summed E-state index contributed by atoms with van der Waals surface area (Å²) in [4.78, 5) is 12.0. The molecular weight excluding hydrogens is 259 g/mol. The number of carbonyl (C=O) groups excluding carboxylic acids is 1. The smallest absolute Gasteiger partial charge is 0.256 e. The Hall–Kier alpha value is -2.17. The summed E-state index contributed by atoms with van der Waals surface area (Å²) in [5.74, 6) is -0.196. The number of carbonyl (C=O) groups is 1. The molecule has 1 aromatic carbocycles. The van der Waals surface area contributed by atoms with Crippen molar-refractivity contribution in [2.45, 2.75) is 26.2 Å². The normalized spacial score (nSPS) is 10.5. The van der Waals surface area contributed by atoms with Crippen molar-refractivity contribution in [1.29, 1.82) is 0 Å². The van der Waals surface area contributed by atoms with Gasteiger partial charge in [0.1, 0.15) is 11.4 Å². The zero-order chi connectivity index (χ0) is 14.4. The number of benzene rings is 1. The van der Waals surface area contributed by atoms with E-state index in [0.29, 0.717) is 23.4 Å². The van der Waals surface area contributed by atoms with Crippen LogP contribution in [0.25, 0.3) is 11.3 Å². The van der Waals surface area contributed by atoms with Gasteiger partial charge in [-0.05, 0) is 30.7 Å². The van der Waals surface area contributed by atoms with Crippen LogP contribution in [0.4, 0.5) is 4.39 Å². The Labute approximate surface area is 117 Å². The van der Waals surface area contributed by atoms with Crippen molar-refractivity contribution >= 4 is 5.91 Å². The largest absolute Gasteiger partial charge is 0.355 e. The first kappa shape index (κ1) is 14.2. The second kappa shape index (κ2) is 6.84. The molecule has 0 fully saturated rings. The summed E-state index contributed by atoms with van der Waals surface area (Å²) in [6.45, 7) is 2.73. The molecule has 2 aromatic rings. The lowest BCUT2D eigenvalue weighted by Crippen LogP contribution is -2.24. The van der Waals surface area contributed by atoms with E-state index in [1.807, 2.05) is 0 Å². The van der Waals surface area contributed by atoms with Gasteiger partial charge in [0.2, 0.25) is 0 Å². The monoisotopic (exact) mass is 276 g/mol. The van der Waals surface area contributed by atoms with Crippen LogP contribution in [0.5, 0.6) is 0 Å². The summed E-state index contributed by atoms with van der Waals surface area (Å²) >= 11 is 0. The third-order valence-electron chi connectivity index (χ3n) is 2.99. The molecule has 0 aliphatic heterocycles. The lowest BCUT2D eigenvalue weighted by atomic mass is 10.1. The van der Waals surface area contributed by atoms with Crippen LogP contribution in [0.3, 0.4) is 0 Å². The molecular formula is C15H17FN2O2. The Morgan fingerprint density at radius 2 is 2.05 bits per heavy atom. The number of aromatic nitrogens is 1.